The number of likely N-dealkylation sites (tertiary alicyclic amines) is 1. The van der Waals surface area contributed by atoms with E-state index < -0.39 is 0 Å². The van der Waals surface area contributed by atoms with Crippen LogP contribution in [0.5, 0.6) is 0 Å². The van der Waals surface area contributed by atoms with E-state index >= 15 is 0 Å². The molecule has 1 saturated heterocycles. The molecule has 0 aromatic carbocycles. The number of nitrogens with two attached hydrogens (primary N) is 1. The number of hydrogen-bond acceptors (Lipinski definition) is 3. The molecule has 3 N–H and O–H groups in total. The number of aliphatic hydroxyl groups is 1. The Hall–Kier alpha value is -0.120. The van der Waals surface area contributed by atoms with Gasteiger partial charge in [0.2, 0.25) is 0 Å². The van der Waals surface area contributed by atoms with Gasteiger partial charge in [0.05, 0.1) is 0 Å². The number of nitrogens with zero attached hydrogens (tertiary/aromatic N) is 1. The first-order valence-electron chi connectivity index (χ1n) is 5.96. The van der Waals surface area contributed by atoms with Gasteiger partial charge in [-0.15, -0.1) is 0 Å². The summed E-state index contributed by atoms with van der Waals surface area (Å²) in [6.07, 6.45) is 3.88. The van der Waals surface area contributed by atoms with Crippen molar-refractivity contribution in [3.63, 3.8) is 0 Å². The zero-order chi connectivity index (χ0) is 11.9. The zero-order valence-electron chi connectivity index (χ0n) is 10.8. The van der Waals surface area contributed by atoms with Gasteiger partial charge in [-0.05, 0) is 58.2 Å². The van der Waals surface area contributed by atoms with Crippen molar-refractivity contribution in [2.75, 3.05) is 26.7 Å². The Morgan fingerprint density at radius 2 is 1.87 bits per heavy atom. The van der Waals surface area contributed by atoms with Gasteiger partial charge in [0, 0.05) is 13.2 Å². The molecule has 15 heavy (non-hydrogen) atoms. The maximum Gasteiger partial charge on any atom is 0.0319 e. The van der Waals surface area contributed by atoms with Crippen LogP contribution in [0.1, 0.15) is 40.0 Å². The van der Waals surface area contributed by atoms with Crippen LogP contribution in [-0.4, -0.2) is 42.8 Å². The van der Waals surface area contributed by atoms with E-state index in [9.17, 15) is 0 Å². The van der Waals surface area contributed by atoms with E-state index in [1.165, 1.54) is 32.4 Å². The van der Waals surface area contributed by atoms with Crippen LogP contribution in [0.25, 0.3) is 0 Å². The largest absolute Gasteiger partial charge is 0.400 e. The van der Waals surface area contributed by atoms with E-state index in [0.717, 1.165) is 13.7 Å². The van der Waals surface area contributed by atoms with E-state index in [1.807, 2.05) is 0 Å². The highest BCUT2D eigenvalue weighted by Gasteiger charge is 2.26. The molecule has 1 aliphatic rings. The topological polar surface area (TPSA) is 49.5 Å². The normalized spacial score (nSPS) is 28.2. The van der Waals surface area contributed by atoms with Crippen LogP contribution in [-0.2, 0) is 0 Å². The van der Waals surface area contributed by atoms with E-state index in [-0.39, 0.29) is 0 Å². The fraction of sp³-hybridized carbons (Fsp3) is 1.00. The third kappa shape index (κ3) is 4.96. The highest BCUT2D eigenvalue weighted by Crippen LogP contribution is 2.29. The lowest BCUT2D eigenvalue weighted by atomic mass is 9.83. The van der Waals surface area contributed by atoms with Crippen LogP contribution >= 0.6 is 0 Å². The van der Waals surface area contributed by atoms with Gasteiger partial charge in [-0.2, -0.15) is 0 Å². The molecule has 92 valence electrons. The van der Waals surface area contributed by atoms with Crippen LogP contribution in [0.4, 0.5) is 0 Å². The maximum absolute atomic E-state index is 7.00. The number of rotatable bonds is 2. The SMILES string of the molecule is CC(C)N1CCCC(C)(CN)CC1.CO. The smallest absolute Gasteiger partial charge is 0.0319 e. The van der Waals surface area contributed by atoms with Crippen molar-refractivity contribution in [3.05, 3.63) is 0 Å². The lowest BCUT2D eigenvalue weighted by Gasteiger charge is -2.27. The quantitative estimate of drug-likeness (QED) is 0.734. The summed E-state index contributed by atoms with van der Waals surface area (Å²) in [5, 5.41) is 7.00. The lowest BCUT2D eigenvalue weighted by molar-refractivity contribution is 0.215. The Bertz CT molecular complexity index is 162. The predicted molar refractivity (Wildman–Crippen MR) is 65.9 cm³/mol. The summed E-state index contributed by atoms with van der Waals surface area (Å²) in [5.41, 5.74) is 6.22. The molecular formula is C12H28N2O. The van der Waals surface area contributed by atoms with Crippen LogP contribution in [0.3, 0.4) is 0 Å². The summed E-state index contributed by atoms with van der Waals surface area (Å²) in [7, 11) is 1.00. The van der Waals surface area contributed by atoms with Gasteiger partial charge in [0.1, 0.15) is 0 Å². The molecule has 1 unspecified atom stereocenters. The van der Waals surface area contributed by atoms with Crippen molar-refractivity contribution in [2.24, 2.45) is 11.1 Å². The molecule has 1 heterocycles. The summed E-state index contributed by atoms with van der Waals surface area (Å²) in [4.78, 5) is 2.57. The Kier molecular flexibility index (Phi) is 7.14. The summed E-state index contributed by atoms with van der Waals surface area (Å²) >= 11 is 0. The Balaban J connectivity index is 0.000000921. The average molecular weight is 216 g/mol. The van der Waals surface area contributed by atoms with E-state index in [2.05, 4.69) is 25.7 Å². The van der Waals surface area contributed by atoms with E-state index in [4.69, 9.17) is 10.8 Å². The molecule has 0 spiro atoms. The summed E-state index contributed by atoms with van der Waals surface area (Å²) < 4.78 is 0. The molecule has 3 heteroatoms. The fourth-order valence-electron chi connectivity index (χ4n) is 2.08. The highest BCUT2D eigenvalue weighted by molar-refractivity contribution is 4.81. The summed E-state index contributed by atoms with van der Waals surface area (Å²) in [5.74, 6) is 0. The number of aliphatic hydroxyl groups excluding tert-OH is 1. The van der Waals surface area contributed by atoms with Crippen molar-refractivity contribution in [2.45, 2.75) is 46.1 Å². The number of hydrogen-bond donors (Lipinski definition) is 2. The summed E-state index contributed by atoms with van der Waals surface area (Å²) in [6, 6.07) is 0.695. The van der Waals surface area contributed by atoms with E-state index in [0.29, 0.717) is 11.5 Å². The van der Waals surface area contributed by atoms with Gasteiger partial charge < -0.3 is 15.7 Å². The van der Waals surface area contributed by atoms with Gasteiger partial charge in [-0.3, -0.25) is 0 Å². The molecule has 0 radical (unpaired) electrons. The van der Waals surface area contributed by atoms with Crippen molar-refractivity contribution >= 4 is 0 Å². The maximum atomic E-state index is 7.00. The molecule has 0 aliphatic carbocycles. The van der Waals surface area contributed by atoms with Gasteiger partial charge in [0.25, 0.3) is 0 Å². The van der Waals surface area contributed by atoms with Gasteiger partial charge in [-0.1, -0.05) is 6.92 Å². The third-order valence-corrected chi connectivity index (χ3v) is 3.45. The lowest BCUT2D eigenvalue weighted by Crippen LogP contribution is -2.33. The molecule has 1 atom stereocenters. The molecule has 0 aromatic rings. The van der Waals surface area contributed by atoms with Gasteiger partial charge in [0.15, 0.2) is 0 Å². The molecule has 1 aliphatic heterocycles. The minimum absolute atomic E-state index is 0.406. The van der Waals surface area contributed by atoms with Crippen LogP contribution < -0.4 is 5.73 Å². The second-order valence-corrected chi connectivity index (χ2v) is 5.00. The molecule has 0 amide bonds. The molecule has 3 nitrogen and oxygen atoms in total. The van der Waals surface area contributed by atoms with Crippen LogP contribution in [0, 0.1) is 5.41 Å². The van der Waals surface area contributed by atoms with Crippen molar-refractivity contribution in [1.82, 2.24) is 4.90 Å². The monoisotopic (exact) mass is 216 g/mol. The van der Waals surface area contributed by atoms with Gasteiger partial charge in [-0.25, -0.2) is 0 Å². The summed E-state index contributed by atoms with van der Waals surface area (Å²) in [6.45, 7) is 10.2. The first kappa shape index (κ1) is 14.9. The first-order valence-corrected chi connectivity index (χ1v) is 5.96. The minimum atomic E-state index is 0.406. The minimum Gasteiger partial charge on any atom is -0.400 e. The third-order valence-electron chi connectivity index (χ3n) is 3.45. The molecule has 0 aromatic heterocycles. The van der Waals surface area contributed by atoms with Crippen molar-refractivity contribution < 1.29 is 5.11 Å². The second kappa shape index (κ2) is 7.20. The Labute approximate surface area is 94.6 Å². The van der Waals surface area contributed by atoms with Gasteiger partial charge >= 0.3 is 0 Å². The van der Waals surface area contributed by atoms with Crippen molar-refractivity contribution in [1.29, 1.82) is 0 Å². The first-order chi connectivity index (χ1) is 7.07. The molecule has 0 saturated carbocycles. The van der Waals surface area contributed by atoms with Crippen LogP contribution in [0.2, 0.25) is 0 Å². The zero-order valence-corrected chi connectivity index (χ0v) is 10.8. The van der Waals surface area contributed by atoms with Crippen molar-refractivity contribution in [3.8, 4) is 0 Å². The molecular weight excluding hydrogens is 188 g/mol. The van der Waals surface area contributed by atoms with E-state index in [1.54, 1.807) is 0 Å². The average Bonchev–Trinajstić information content (AvgIpc) is 2.44. The Morgan fingerprint density at radius 1 is 1.27 bits per heavy atom. The molecule has 1 rings (SSSR count). The highest BCUT2D eigenvalue weighted by atomic mass is 16.2. The van der Waals surface area contributed by atoms with Crippen LogP contribution in [0.15, 0.2) is 0 Å². The Morgan fingerprint density at radius 3 is 2.33 bits per heavy atom. The molecule has 1 fully saturated rings. The fourth-order valence-corrected chi connectivity index (χ4v) is 2.08. The predicted octanol–water partition coefficient (Wildman–Crippen LogP) is 1.45. The molecule has 0 bridgehead atoms. The second-order valence-electron chi connectivity index (χ2n) is 5.00. The standard InChI is InChI=1S/C11H24N2.CH4O/c1-10(2)13-7-4-5-11(3,9-12)6-8-13;1-2/h10H,4-9,12H2,1-3H3;2H,1H3.